The minimum absolute atomic E-state index is 0.540. The molecular formula is C23H24N4. The molecule has 0 radical (unpaired) electrons. The van der Waals surface area contributed by atoms with Crippen molar-refractivity contribution < 1.29 is 0 Å². The highest BCUT2D eigenvalue weighted by molar-refractivity contribution is 5.67. The second kappa shape index (κ2) is 6.87. The first-order valence-corrected chi connectivity index (χ1v) is 9.66. The van der Waals surface area contributed by atoms with Gasteiger partial charge >= 0.3 is 0 Å². The Hall–Kier alpha value is -2.56. The molecule has 2 bridgehead atoms. The molecule has 3 saturated heterocycles. The fourth-order valence-electron chi connectivity index (χ4n) is 4.65. The van der Waals surface area contributed by atoms with Crippen molar-refractivity contribution in [3.63, 3.8) is 0 Å². The van der Waals surface area contributed by atoms with E-state index in [1.54, 1.807) is 6.33 Å². The Morgan fingerprint density at radius 1 is 0.963 bits per heavy atom. The molecule has 2 aromatic carbocycles. The zero-order valence-corrected chi connectivity index (χ0v) is 15.5. The first kappa shape index (κ1) is 16.6. The number of rotatable bonds is 4. The van der Waals surface area contributed by atoms with E-state index in [-0.39, 0.29) is 0 Å². The first-order valence-electron chi connectivity index (χ1n) is 9.66. The monoisotopic (exact) mass is 356 g/mol. The minimum atomic E-state index is 0.540. The van der Waals surface area contributed by atoms with Crippen LogP contribution < -0.4 is 5.32 Å². The maximum atomic E-state index is 4.13. The molecule has 4 heterocycles. The normalized spacial score (nSPS) is 24.4. The van der Waals surface area contributed by atoms with Crippen LogP contribution in [0, 0.1) is 6.92 Å². The average molecular weight is 356 g/mol. The molecule has 3 atom stereocenters. The highest BCUT2D eigenvalue weighted by atomic mass is 15.3. The summed E-state index contributed by atoms with van der Waals surface area (Å²) in [6.45, 7) is 5.27. The summed E-state index contributed by atoms with van der Waals surface area (Å²) in [7, 11) is 0. The van der Waals surface area contributed by atoms with Gasteiger partial charge in [-0.15, -0.1) is 0 Å². The number of nitrogens with one attached hydrogen (secondary N) is 1. The number of benzene rings is 2. The van der Waals surface area contributed by atoms with Crippen molar-refractivity contribution in [1.82, 2.24) is 20.2 Å². The molecule has 27 heavy (non-hydrogen) atoms. The van der Waals surface area contributed by atoms with Crippen molar-refractivity contribution in [2.45, 2.75) is 31.5 Å². The quantitative estimate of drug-likeness (QED) is 0.778. The van der Waals surface area contributed by atoms with Gasteiger partial charge in [0.2, 0.25) is 0 Å². The molecule has 6 rings (SSSR count). The fourth-order valence-corrected chi connectivity index (χ4v) is 4.65. The van der Waals surface area contributed by atoms with Crippen LogP contribution >= 0.6 is 0 Å². The highest BCUT2D eigenvalue weighted by Gasteiger charge is 2.46. The van der Waals surface area contributed by atoms with Crippen molar-refractivity contribution in [1.29, 1.82) is 0 Å². The Labute approximate surface area is 160 Å². The van der Waals surface area contributed by atoms with Gasteiger partial charge in [-0.05, 0) is 29.2 Å². The van der Waals surface area contributed by atoms with Crippen LogP contribution in [0.2, 0.25) is 0 Å². The predicted octanol–water partition coefficient (Wildman–Crippen LogP) is 3.39. The van der Waals surface area contributed by atoms with Gasteiger partial charge in [0.15, 0.2) is 0 Å². The van der Waals surface area contributed by atoms with Crippen molar-refractivity contribution >= 4 is 0 Å². The molecule has 3 fully saturated rings. The van der Waals surface area contributed by atoms with Gasteiger partial charge in [0.1, 0.15) is 6.33 Å². The van der Waals surface area contributed by atoms with E-state index in [1.165, 1.54) is 27.8 Å². The summed E-state index contributed by atoms with van der Waals surface area (Å²) >= 11 is 0. The van der Waals surface area contributed by atoms with Gasteiger partial charge in [-0.25, -0.2) is 9.97 Å². The van der Waals surface area contributed by atoms with Gasteiger partial charge in [-0.1, -0.05) is 48.5 Å². The van der Waals surface area contributed by atoms with Crippen LogP contribution in [0.3, 0.4) is 0 Å². The molecule has 136 valence electrons. The van der Waals surface area contributed by atoms with Crippen LogP contribution in [0.1, 0.15) is 22.6 Å². The summed E-state index contributed by atoms with van der Waals surface area (Å²) in [6, 6.07) is 18.9. The van der Waals surface area contributed by atoms with Crippen LogP contribution in [-0.2, 0) is 6.54 Å². The molecule has 3 aliphatic heterocycles. The number of piperazine rings is 1. The second-order valence-corrected chi connectivity index (χ2v) is 7.78. The smallest absolute Gasteiger partial charge is 0.115 e. The molecule has 0 amide bonds. The number of piperidine rings is 1. The molecule has 0 aliphatic carbocycles. The molecule has 0 spiro atoms. The molecule has 4 nitrogen and oxygen atoms in total. The molecule has 1 aromatic heterocycles. The van der Waals surface area contributed by atoms with E-state index in [0.29, 0.717) is 18.0 Å². The number of aryl methyl sites for hydroxylation is 1. The lowest BCUT2D eigenvalue weighted by atomic mass is 9.74. The molecule has 3 aromatic rings. The van der Waals surface area contributed by atoms with Gasteiger partial charge < -0.3 is 5.32 Å². The first-order chi connectivity index (χ1) is 13.3. The number of aromatic nitrogens is 2. The van der Waals surface area contributed by atoms with E-state index in [4.69, 9.17) is 0 Å². The number of hydrogen-bond acceptors (Lipinski definition) is 4. The van der Waals surface area contributed by atoms with E-state index in [9.17, 15) is 0 Å². The zero-order valence-electron chi connectivity index (χ0n) is 15.5. The van der Waals surface area contributed by atoms with E-state index in [0.717, 1.165) is 19.6 Å². The molecule has 4 heteroatoms. The summed E-state index contributed by atoms with van der Waals surface area (Å²) in [5.74, 6) is 0.624. The Morgan fingerprint density at radius 2 is 1.67 bits per heavy atom. The second-order valence-electron chi connectivity index (χ2n) is 7.78. The Morgan fingerprint density at radius 3 is 2.37 bits per heavy atom. The van der Waals surface area contributed by atoms with Crippen LogP contribution in [-0.4, -0.2) is 40.0 Å². The molecule has 1 unspecified atom stereocenters. The van der Waals surface area contributed by atoms with E-state index in [1.807, 2.05) is 12.4 Å². The summed E-state index contributed by atoms with van der Waals surface area (Å²) in [5, 5.41) is 3.73. The van der Waals surface area contributed by atoms with Crippen molar-refractivity contribution in [3.05, 3.63) is 83.9 Å². The summed E-state index contributed by atoms with van der Waals surface area (Å²) in [5.41, 5.74) is 6.61. The Balaban J connectivity index is 1.28. The lowest BCUT2D eigenvalue weighted by molar-refractivity contribution is 0.0469. The van der Waals surface area contributed by atoms with Crippen molar-refractivity contribution in [2.75, 3.05) is 13.1 Å². The van der Waals surface area contributed by atoms with Gasteiger partial charge in [-0.3, -0.25) is 4.90 Å². The van der Waals surface area contributed by atoms with E-state index in [2.05, 4.69) is 75.6 Å². The molecule has 1 N–H and O–H groups in total. The lowest BCUT2D eigenvalue weighted by Crippen LogP contribution is -2.71. The van der Waals surface area contributed by atoms with Gasteiger partial charge in [0.25, 0.3) is 0 Å². The van der Waals surface area contributed by atoms with Gasteiger partial charge in [0, 0.05) is 55.6 Å². The standard InChI is InChI=1S/C23H24N4/c1-16-4-2-3-5-20(16)18-6-8-19(9-7-18)23-21-13-27(14-22(23)26-21)12-17-10-24-15-25-11-17/h2-11,15,21-23,26H,12-14H2,1H3/t21-,22+,23?. The molecule has 3 aliphatic rings. The SMILES string of the molecule is Cc1ccccc1-c1ccc(C2[C@@H]3CN(Cc4cncnc4)C[C@H]2N3)cc1. The number of hydrogen-bond donors (Lipinski definition) is 1. The number of fused-ring (bicyclic) bond motifs is 2. The number of nitrogens with zero attached hydrogens (tertiary/aromatic N) is 3. The summed E-state index contributed by atoms with van der Waals surface area (Å²) < 4.78 is 0. The van der Waals surface area contributed by atoms with Crippen LogP contribution in [0.25, 0.3) is 11.1 Å². The van der Waals surface area contributed by atoms with E-state index < -0.39 is 0 Å². The third kappa shape index (κ3) is 3.15. The topological polar surface area (TPSA) is 41.1 Å². The van der Waals surface area contributed by atoms with Crippen molar-refractivity contribution in [3.8, 4) is 11.1 Å². The summed E-state index contributed by atoms with van der Waals surface area (Å²) in [6.07, 6.45) is 5.43. The van der Waals surface area contributed by atoms with E-state index >= 15 is 0 Å². The zero-order chi connectivity index (χ0) is 18.2. The van der Waals surface area contributed by atoms with Crippen molar-refractivity contribution in [2.24, 2.45) is 0 Å². The maximum Gasteiger partial charge on any atom is 0.115 e. The van der Waals surface area contributed by atoms with Gasteiger partial charge in [-0.2, -0.15) is 0 Å². The molecular weight excluding hydrogens is 332 g/mol. The predicted molar refractivity (Wildman–Crippen MR) is 107 cm³/mol. The summed E-state index contributed by atoms with van der Waals surface area (Å²) in [4.78, 5) is 10.8. The fraction of sp³-hybridized carbons (Fsp3) is 0.304. The maximum absolute atomic E-state index is 4.13. The van der Waals surface area contributed by atoms with Gasteiger partial charge in [0.05, 0.1) is 0 Å². The highest BCUT2D eigenvalue weighted by Crippen LogP contribution is 2.38. The van der Waals surface area contributed by atoms with Crippen LogP contribution in [0.15, 0.2) is 67.3 Å². The Kier molecular flexibility index (Phi) is 4.23. The lowest BCUT2D eigenvalue weighted by Gasteiger charge is -2.55. The van der Waals surface area contributed by atoms with Crippen LogP contribution in [0.4, 0.5) is 0 Å². The Bertz CT molecular complexity index is 911. The minimum Gasteiger partial charge on any atom is -0.307 e. The third-order valence-electron chi connectivity index (χ3n) is 5.98. The third-order valence-corrected chi connectivity index (χ3v) is 5.98. The molecule has 0 saturated carbocycles. The van der Waals surface area contributed by atoms with Crippen LogP contribution in [0.5, 0.6) is 0 Å². The average Bonchev–Trinajstić information content (AvgIpc) is 2.70. The largest absolute Gasteiger partial charge is 0.307 e.